The molecule has 6 heteroatoms. The van der Waals surface area contributed by atoms with Crippen molar-refractivity contribution in [2.75, 3.05) is 29.9 Å². The molecular formula is C14H20ClN3OS. The molecular weight excluding hydrogens is 294 g/mol. The van der Waals surface area contributed by atoms with E-state index in [0.29, 0.717) is 29.0 Å². The number of pyridine rings is 1. The highest BCUT2D eigenvalue weighted by atomic mass is 35.5. The van der Waals surface area contributed by atoms with E-state index in [4.69, 9.17) is 11.6 Å². The molecule has 0 radical (unpaired) electrons. The number of nitrogens with zero attached hydrogens (tertiary/aromatic N) is 1. The second-order valence-electron chi connectivity index (χ2n) is 4.82. The first-order valence-electron chi connectivity index (χ1n) is 6.97. The lowest BCUT2D eigenvalue weighted by molar-refractivity contribution is 0.0941. The summed E-state index contributed by atoms with van der Waals surface area (Å²) in [7, 11) is 0. The lowest BCUT2D eigenvalue weighted by atomic mass is 10.0. The highest BCUT2D eigenvalue weighted by Crippen LogP contribution is 2.22. The second-order valence-corrected chi connectivity index (χ2v) is 6.45. The zero-order valence-electron chi connectivity index (χ0n) is 11.6. The van der Waals surface area contributed by atoms with E-state index in [9.17, 15) is 4.79 Å². The number of hydrogen-bond acceptors (Lipinski definition) is 4. The molecule has 0 spiro atoms. The van der Waals surface area contributed by atoms with Gasteiger partial charge in [0, 0.05) is 13.1 Å². The normalized spacial score (nSPS) is 15.9. The summed E-state index contributed by atoms with van der Waals surface area (Å²) in [5, 5.41) is 6.43. The van der Waals surface area contributed by atoms with Crippen LogP contribution in [0.3, 0.4) is 0 Å². The predicted molar refractivity (Wildman–Crippen MR) is 85.8 cm³/mol. The Morgan fingerprint density at radius 2 is 2.20 bits per heavy atom. The van der Waals surface area contributed by atoms with E-state index in [1.807, 2.05) is 18.7 Å². The van der Waals surface area contributed by atoms with Crippen LogP contribution in [0.25, 0.3) is 0 Å². The number of amides is 1. The largest absolute Gasteiger partial charge is 0.370 e. The molecule has 1 aromatic heterocycles. The van der Waals surface area contributed by atoms with Crippen LogP contribution >= 0.6 is 23.4 Å². The van der Waals surface area contributed by atoms with Crippen molar-refractivity contribution < 1.29 is 4.79 Å². The number of thioether (sulfide) groups is 1. The minimum atomic E-state index is -0.187. The van der Waals surface area contributed by atoms with Crippen molar-refractivity contribution in [1.82, 2.24) is 10.3 Å². The van der Waals surface area contributed by atoms with Gasteiger partial charge >= 0.3 is 0 Å². The van der Waals surface area contributed by atoms with Crippen LogP contribution in [-0.4, -0.2) is 35.5 Å². The van der Waals surface area contributed by atoms with Gasteiger partial charge in [-0.3, -0.25) is 4.79 Å². The predicted octanol–water partition coefficient (Wildman–Crippen LogP) is 3.04. The topological polar surface area (TPSA) is 54.0 Å². The lowest BCUT2D eigenvalue weighted by Crippen LogP contribution is -2.31. The number of carbonyl (C=O) groups excluding carboxylic acids is 1. The van der Waals surface area contributed by atoms with Gasteiger partial charge in [-0.2, -0.15) is 11.8 Å². The summed E-state index contributed by atoms with van der Waals surface area (Å²) < 4.78 is 0. The molecule has 1 saturated heterocycles. The molecule has 2 heterocycles. The van der Waals surface area contributed by atoms with E-state index in [2.05, 4.69) is 15.6 Å². The van der Waals surface area contributed by atoms with Crippen LogP contribution in [0.15, 0.2) is 12.1 Å². The Balaban J connectivity index is 1.95. The molecule has 1 fully saturated rings. The van der Waals surface area contributed by atoms with Crippen molar-refractivity contribution in [1.29, 1.82) is 0 Å². The van der Waals surface area contributed by atoms with E-state index in [0.717, 1.165) is 6.54 Å². The molecule has 0 unspecified atom stereocenters. The van der Waals surface area contributed by atoms with E-state index in [1.54, 1.807) is 12.1 Å². The fraction of sp³-hybridized carbons (Fsp3) is 0.571. The van der Waals surface area contributed by atoms with Gasteiger partial charge in [0.25, 0.3) is 5.91 Å². The second kappa shape index (κ2) is 7.74. The number of aromatic nitrogens is 1. The van der Waals surface area contributed by atoms with Crippen LogP contribution in [0, 0.1) is 5.92 Å². The summed E-state index contributed by atoms with van der Waals surface area (Å²) in [6.45, 7) is 3.45. The number of rotatable bonds is 5. The Morgan fingerprint density at radius 1 is 1.45 bits per heavy atom. The molecule has 0 atom stereocenters. The van der Waals surface area contributed by atoms with Gasteiger partial charge in [-0.25, -0.2) is 4.98 Å². The third kappa shape index (κ3) is 4.28. The molecule has 1 aromatic rings. The Hall–Kier alpha value is -0.940. The third-order valence-corrected chi connectivity index (χ3v) is 4.66. The molecule has 0 aromatic carbocycles. The maximum Gasteiger partial charge on any atom is 0.271 e. The van der Waals surface area contributed by atoms with Crippen molar-refractivity contribution in [2.45, 2.75) is 19.8 Å². The molecule has 4 nitrogen and oxygen atoms in total. The summed E-state index contributed by atoms with van der Waals surface area (Å²) in [5.41, 5.74) is 0.301. The first-order chi connectivity index (χ1) is 9.70. The highest BCUT2D eigenvalue weighted by Gasteiger charge is 2.17. The van der Waals surface area contributed by atoms with Gasteiger partial charge in [-0.1, -0.05) is 11.6 Å². The van der Waals surface area contributed by atoms with E-state index in [-0.39, 0.29) is 5.91 Å². The maximum atomic E-state index is 12.2. The number of nitrogens with one attached hydrogen (secondary N) is 2. The van der Waals surface area contributed by atoms with E-state index in [1.165, 1.54) is 24.3 Å². The molecule has 20 heavy (non-hydrogen) atoms. The Morgan fingerprint density at radius 3 is 2.90 bits per heavy atom. The van der Waals surface area contributed by atoms with Crippen LogP contribution in [0.1, 0.15) is 30.3 Å². The fourth-order valence-corrected chi connectivity index (χ4v) is 3.55. The van der Waals surface area contributed by atoms with Gasteiger partial charge in [0.2, 0.25) is 0 Å². The third-order valence-electron chi connectivity index (χ3n) is 3.31. The Labute approximate surface area is 129 Å². The first-order valence-corrected chi connectivity index (χ1v) is 8.50. The molecule has 1 aliphatic heterocycles. The van der Waals surface area contributed by atoms with Crippen molar-refractivity contribution in [3.05, 3.63) is 22.8 Å². The van der Waals surface area contributed by atoms with Gasteiger partial charge in [0.1, 0.15) is 11.5 Å². The summed E-state index contributed by atoms with van der Waals surface area (Å²) in [4.78, 5) is 16.4. The Kier molecular flexibility index (Phi) is 5.98. The van der Waals surface area contributed by atoms with Crippen molar-refractivity contribution in [2.24, 2.45) is 5.92 Å². The Bertz CT molecular complexity index is 464. The molecule has 0 aliphatic carbocycles. The van der Waals surface area contributed by atoms with Crippen molar-refractivity contribution in [3.8, 4) is 0 Å². The van der Waals surface area contributed by atoms with Crippen molar-refractivity contribution >= 4 is 35.1 Å². The molecule has 2 rings (SSSR count). The van der Waals surface area contributed by atoms with Gasteiger partial charge in [0.05, 0.1) is 5.02 Å². The summed E-state index contributed by atoms with van der Waals surface area (Å²) in [6, 6.07) is 3.49. The lowest BCUT2D eigenvalue weighted by Gasteiger charge is -2.21. The zero-order valence-corrected chi connectivity index (χ0v) is 13.2. The molecule has 0 bridgehead atoms. The van der Waals surface area contributed by atoms with Gasteiger partial charge in [0.15, 0.2) is 0 Å². The van der Waals surface area contributed by atoms with E-state index < -0.39 is 0 Å². The number of anilines is 1. The molecule has 1 amide bonds. The smallest absolute Gasteiger partial charge is 0.271 e. The number of hydrogen-bond donors (Lipinski definition) is 2. The van der Waals surface area contributed by atoms with Crippen molar-refractivity contribution in [3.63, 3.8) is 0 Å². The summed E-state index contributed by atoms with van der Waals surface area (Å²) in [5.74, 6) is 3.45. The summed E-state index contributed by atoms with van der Waals surface area (Å²) in [6.07, 6.45) is 2.34. The minimum Gasteiger partial charge on any atom is -0.370 e. The number of halogens is 1. The average Bonchev–Trinajstić information content (AvgIpc) is 2.48. The summed E-state index contributed by atoms with van der Waals surface area (Å²) >= 11 is 8.04. The molecule has 1 aliphatic rings. The van der Waals surface area contributed by atoms with Gasteiger partial charge in [-0.15, -0.1) is 0 Å². The number of carbonyl (C=O) groups is 1. The highest BCUT2D eigenvalue weighted by molar-refractivity contribution is 7.99. The quantitative estimate of drug-likeness (QED) is 0.877. The van der Waals surface area contributed by atoms with Crippen LogP contribution in [0.2, 0.25) is 5.02 Å². The standard InChI is InChI=1S/C14H20ClN3OS/c1-2-16-12-4-3-11(15)13(18-12)14(19)17-9-10-5-7-20-8-6-10/h3-4,10H,2,5-9H2,1H3,(H,16,18)(H,17,19). The molecule has 2 N–H and O–H groups in total. The SMILES string of the molecule is CCNc1ccc(Cl)c(C(=O)NCC2CCSCC2)n1. The van der Waals surface area contributed by atoms with Crippen LogP contribution in [0.4, 0.5) is 5.82 Å². The molecule has 0 saturated carbocycles. The van der Waals surface area contributed by atoms with E-state index >= 15 is 0 Å². The molecule has 110 valence electrons. The first kappa shape index (κ1) is 15.4. The monoisotopic (exact) mass is 313 g/mol. The van der Waals surface area contributed by atoms with Gasteiger partial charge < -0.3 is 10.6 Å². The zero-order chi connectivity index (χ0) is 14.4. The van der Waals surface area contributed by atoms with Gasteiger partial charge in [-0.05, 0) is 49.3 Å². The minimum absolute atomic E-state index is 0.187. The fourth-order valence-electron chi connectivity index (χ4n) is 2.15. The average molecular weight is 314 g/mol. The van der Waals surface area contributed by atoms with Crippen LogP contribution in [-0.2, 0) is 0 Å². The van der Waals surface area contributed by atoms with Crippen LogP contribution < -0.4 is 10.6 Å². The van der Waals surface area contributed by atoms with Crippen LogP contribution in [0.5, 0.6) is 0 Å². The maximum absolute atomic E-state index is 12.2.